The molecule has 0 aliphatic heterocycles. The highest BCUT2D eigenvalue weighted by Gasteiger charge is 1.39. The molecule has 8 heavy (non-hydrogen) atoms. The summed E-state index contributed by atoms with van der Waals surface area (Å²) in [5, 5.41) is 14.5. The highest BCUT2D eigenvalue weighted by molar-refractivity contribution is 5.63. The van der Waals surface area contributed by atoms with Crippen molar-refractivity contribution in [1.82, 2.24) is 0 Å². The summed E-state index contributed by atoms with van der Waals surface area (Å²) in [7, 11) is 0. The van der Waals surface area contributed by atoms with E-state index < -0.39 is 0 Å². The molecular formula is C5H4N2O. The van der Waals surface area contributed by atoms with Crippen molar-refractivity contribution >= 4 is 6.29 Å². The average molecular weight is 108 g/mol. The predicted molar refractivity (Wildman–Crippen MR) is 27.5 cm³/mol. The molecule has 0 rings (SSSR count). The lowest BCUT2D eigenvalue weighted by molar-refractivity contribution is -0.104. The summed E-state index contributed by atoms with van der Waals surface area (Å²) in [6, 6.07) is 2.47. The van der Waals surface area contributed by atoms with Crippen LogP contribution in [-0.4, -0.2) is 6.29 Å². The maximum Gasteiger partial charge on any atom is 0.181 e. The van der Waals surface area contributed by atoms with Gasteiger partial charge in [0.25, 0.3) is 0 Å². The first-order chi connectivity index (χ1) is 3.83. The molecule has 3 heteroatoms. The number of carbonyl (C=O) groups is 1. The number of nitrogens with zero attached hydrogens (tertiary/aromatic N) is 2. The van der Waals surface area contributed by atoms with Gasteiger partial charge in [-0.05, 0) is 6.08 Å². The minimum absolute atomic E-state index is 0.639. The summed E-state index contributed by atoms with van der Waals surface area (Å²) in [6.45, 7) is 3.11. The van der Waals surface area contributed by atoms with E-state index in [4.69, 9.17) is 15.3 Å². The second kappa shape index (κ2) is 18.2. The van der Waals surface area contributed by atoms with Crippen molar-refractivity contribution in [1.29, 1.82) is 10.5 Å². The van der Waals surface area contributed by atoms with Gasteiger partial charge < -0.3 is 0 Å². The smallest absolute Gasteiger partial charge is 0.181 e. The van der Waals surface area contributed by atoms with Crippen LogP contribution in [0.25, 0.3) is 0 Å². The van der Waals surface area contributed by atoms with Crippen molar-refractivity contribution in [3.05, 3.63) is 12.7 Å². The number of aldehydes is 1. The normalized spacial score (nSPS) is 3.75. The minimum Gasteiger partial charge on any atom is -0.299 e. The molecule has 0 atom stereocenters. The number of nitriles is 2. The first kappa shape index (κ1) is 9.63. The van der Waals surface area contributed by atoms with Gasteiger partial charge in [0.2, 0.25) is 0 Å². The van der Waals surface area contributed by atoms with Crippen LogP contribution in [0.4, 0.5) is 0 Å². The van der Waals surface area contributed by atoms with Gasteiger partial charge in [-0.25, -0.2) is 0 Å². The fourth-order valence-corrected chi connectivity index (χ4v) is 0. The van der Waals surface area contributed by atoms with Gasteiger partial charge in [0.15, 0.2) is 12.1 Å². The SMILES string of the molecule is C=CC=O.N#CC#N. The summed E-state index contributed by atoms with van der Waals surface area (Å²) in [4.78, 5) is 9.06. The monoisotopic (exact) mass is 108 g/mol. The summed E-state index contributed by atoms with van der Waals surface area (Å²) in [6.07, 6.45) is 1.83. The lowest BCUT2D eigenvalue weighted by Crippen LogP contribution is -1.44. The Morgan fingerprint density at radius 2 is 1.62 bits per heavy atom. The van der Waals surface area contributed by atoms with Gasteiger partial charge in [0, 0.05) is 0 Å². The van der Waals surface area contributed by atoms with Crippen LogP contribution < -0.4 is 0 Å². The fraction of sp³-hybridized carbons (Fsp3) is 0. The van der Waals surface area contributed by atoms with Crippen molar-refractivity contribution in [2.24, 2.45) is 0 Å². The van der Waals surface area contributed by atoms with E-state index in [2.05, 4.69) is 6.58 Å². The molecule has 0 spiro atoms. The molecule has 0 aromatic rings. The number of hydrogen-bond donors (Lipinski definition) is 0. The van der Waals surface area contributed by atoms with Crippen molar-refractivity contribution in [2.45, 2.75) is 0 Å². The Balaban J connectivity index is 0. The van der Waals surface area contributed by atoms with E-state index in [0.29, 0.717) is 6.29 Å². The van der Waals surface area contributed by atoms with Crippen LogP contribution >= 0.6 is 0 Å². The first-order valence-electron chi connectivity index (χ1n) is 1.67. The zero-order valence-electron chi connectivity index (χ0n) is 4.16. The maximum absolute atomic E-state index is 9.06. The lowest BCUT2D eigenvalue weighted by Gasteiger charge is -1.37. The molecule has 0 aliphatic rings. The minimum atomic E-state index is 0.639. The zero-order valence-corrected chi connectivity index (χ0v) is 4.16. The topological polar surface area (TPSA) is 64.7 Å². The van der Waals surface area contributed by atoms with Gasteiger partial charge in [-0.2, -0.15) is 10.5 Å². The standard InChI is InChI=1S/C3H4O.C2N2/c1-2-3-4;3-1-2-4/h2-3H,1H2;. The Hall–Kier alpha value is -1.61. The van der Waals surface area contributed by atoms with Gasteiger partial charge in [-0.15, -0.1) is 0 Å². The molecule has 0 bridgehead atoms. The molecule has 0 radical (unpaired) electrons. The van der Waals surface area contributed by atoms with Crippen LogP contribution in [0, 0.1) is 22.7 Å². The van der Waals surface area contributed by atoms with Crippen LogP contribution in [0.5, 0.6) is 0 Å². The molecule has 0 aromatic carbocycles. The lowest BCUT2D eigenvalue weighted by atomic mass is 10.8. The first-order valence-corrected chi connectivity index (χ1v) is 1.67. The Labute approximate surface area is 47.5 Å². The molecule has 0 fully saturated rings. The van der Waals surface area contributed by atoms with Gasteiger partial charge in [-0.1, -0.05) is 6.58 Å². The van der Waals surface area contributed by atoms with E-state index in [9.17, 15) is 0 Å². The Kier molecular flexibility index (Phi) is 21.9. The number of hydrogen-bond acceptors (Lipinski definition) is 3. The van der Waals surface area contributed by atoms with Crippen molar-refractivity contribution in [3.63, 3.8) is 0 Å². The summed E-state index contributed by atoms with van der Waals surface area (Å²) < 4.78 is 0. The largest absolute Gasteiger partial charge is 0.299 e. The highest BCUT2D eigenvalue weighted by Crippen LogP contribution is 1.35. The van der Waals surface area contributed by atoms with E-state index in [-0.39, 0.29) is 0 Å². The maximum atomic E-state index is 9.06. The molecule has 0 unspecified atom stereocenters. The van der Waals surface area contributed by atoms with Crippen molar-refractivity contribution in [3.8, 4) is 12.1 Å². The van der Waals surface area contributed by atoms with Crippen LogP contribution in [0.2, 0.25) is 0 Å². The molecule has 0 aromatic heterocycles. The third-order valence-corrected chi connectivity index (χ3v) is 0.146. The van der Waals surface area contributed by atoms with Gasteiger partial charge in [0.1, 0.15) is 6.29 Å². The van der Waals surface area contributed by atoms with E-state index in [1.165, 1.54) is 18.2 Å². The Morgan fingerprint density at radius 3 is 1.62 bits per heavy atom. The van der Waals surface area contributed by atoms with Crippen LogP contribution in [0.15, 0.2) is 12.7 Å². The van der Waals surface area contributed by atoms with E-state index in [1.54, 1.807) is 0 Å². The summed E-state index contributed by atoms with van der Waals surface area (Å²) in [5.41, 5.74) is 0. The Morgan fingerprint density at radius 1 is 1.38 bits per heavy atom. The van der Waals surface area contributed by atoms with Crippen LogP contribution in [0.3, 0.4) is 0 Å². The average Bonchev–Trinajstić information content (AvgIpc) is 1.88. The van der Waals surface area contributed by atoms with Crippen molar-refractivity contribution in [2.75, 3.05) is 0 Å². The molecule has 0 heterocycles. The molecular weight excluding hydrogens is 104 g/mol. The van der Waals surface area contributed by atoms with E-state index in [1.807, 2.05) is 0 Å². The molecule has 3 nitrogen and oxygen atoms in total. The van der Waals surface area contributed by atoms with Gasteiger partial charge >= 0.3 is 0 Å². The number of allylic oxidation sites excluding steroid dienone is 1. The zero-order chi connectivity index (χ0) is 6.83. The van der Waals surface area contributed by atoms with Crippen LogP contribution in [0.1, 0.15) is 0 Å². The molecule has 0 saturated heterocycles. The molecule has 40 valence electrons. The molecule has 0 aliphatic carbocycles. The second-order valence-corrected chi connectivity index (χ2v) is 0.595. The summed E-state index contributed by atoms with van der Waals surface area (Å²) in [5.74, 6) is 0. The fourth-order valence-electron chi connectivity index (χ4n) is 0. The summed E-state index contributed by atoms with van der Waals surface area (Å²) >= 11 is 0. The molecule has 0 saturated carbocycles. The van der Waals surface area contributed by atoms with Gasteiger partial charge in [0.05, 0.1) is 0 Å². The molecule has 0 N–H and O–H groups in total. The number of carbonyl (C=O) groups excluding carboxylic acids is 1. The van der Waals surface area contributed by atoms with E-state index in [0.717, 1.165) is 0 Å². The third kappa shape index (κ3) is 332. The second-order valence-electron chi connectivity index (χ2n) is 0.595. The van der Waals surface area contributed by atoms with E-state index >= 15 is 0 Å². The van der Waals surface area contributed by atoms with Crippen molar-refractivity contribution < 1.29 is 4.79 Å². The highest BCUT2D eigenvalue weighted by atomic mass is 16.1. The Bertz CT molecular complexity index is 119. The number of rotatable bonds is 1. The molecule has 0 amide bonds. The van der Waals surface area contributed by atoms with Gasteiger partial charge in [-0.3, -0.25) is 4.79 Å². The quantitative estimate of drug-likeness (QED) is 0.361. The third-order valence-electron chi connectivity index (χ3n) is 0.146. The van der Waals surface area contributed by atoms with Crippen LogP contribution in [-0.2, 0) is 4.79 Å². The predicted octanol–water partition coefficient (Wildman–Crippen LogP) is 0.405.